The summed E-state index contributed by atoms with van der Waals surface area (Å²) in [5.41, 5.74) is 5.26. The maximum Gasteiger partial charge on any atom is 0.404 e. The van der Waals surface area contributed by atoms with Crippen LogP contribution in [0.15, 0.2) is 0 Å². The van der Waals surface area contributed by atoms with E-state index in [2.05, 4.69) is 0 Å². The standard InChI is InChI=1S/C14H24F3NO2/c1-9(2)20-13(19)11(12(18)14(15,16)17)8-10-6-4-3-5-7-10/h9-12H,3-8,18H2,1-2H3/t11-,12-/m1/s1. The van der Waals surface area contributed by atoms with Crippen LogP contribution in [0.25, 0.3) is 0 Å². The molecule has 0 aromatic heterocycles. The number of ether oxygens (including phenoxy) is 1. The van der Waals surface area contributed by atoms with Crippen LogP contribution in [0.3, 0.4) is 0 Å². The van der Waals surface area contributed by atoms with Crippen molar-refractivity contribution in [3.8, 4) is 0 Å². The van der Waals surface area contributed by atoms with Crippen LogP contribution in [0.2, 0.25) is 0 Å². The second-order valence-electron chi connectivity index (χ2n) is 5.90. The lowest BCUT2D eigenvalue weighted by molar-refractivity contribution is -0.180. The molecule has 0 spiro atoms. The quantitative estimate of drug-likeness (QED) is 0.791. The highest BCUT2D eigenvalue weighted by atomic mass is 19.4. The van der Waals surface area contributed by atoms with Crippen LogP contribution in [0.4, 0.5) is 13.2 Å². The van der Waals surface area contributed by atoms with Crippen molar-refractivity contribution >= 4 is 5.97 Å². The van der Waals surface area contributed by atoms with Gasteiger partial charge in [-0.05, 0) is 26.2 Å². The van der Waals surface area contributed by atoms with E-state index in [0.717, 1.165) is 32.1 Å². The number of hydrogen-bond acceptors (Lipinski definition) is 3. The van der Waals surface area contributed by atoms with Gasteiger partial charge in [-0.2, -0.15) is 13.2 Å². The van der Waals surface area contributed by atoms with E-state index in [-0.39, 0.29) is 12.3 Å². The average Bonchev–Trinajstić information content (AvgIpc) is 2.34. The lowest BCUT2D eigenvalue weighted by Crippen LogP contribution is -2.48. The number of esters is 1. The molecule has 0 unspecified atom stereocenters. The summed E-state index contributed by atoms with van der Waals surface area (Å²) in [7, 11) is 0. The topological polar surface area (TPSA) is 52.3 Å². The van der Waals surface area contributed by atoms with E-state index in [1.165, 1.54) is 0 Å². The van der Waals surface area contributed by atoms with Gasteiger partial charge in [0.25, 0.3) is 0 Å². The van der Waals surface area contributed by atoms with E-state index in [1.54, 1.807) is 13.8 Å². The predicted octanol–water partition coefficient (Wildman–Crippen LogP) is 3.41. The molecule has 1 rings (SSSR count). The smallest absolute Gasteiger partial charge is 0.404 e. The summed E-state index contributed by atoms with van der Waals surface area (Å²) in [5.74, 6) is -1.97. The molecule has 2 N–H and O–H groups in total. The Morgan fingerprint density at radius 2 is 1.80 bits per heavy atom. The van der Waals surface area contributed by atoms with Crippen LogP contribution in [-0.4, -0.2) is 24.3 Å². The first-order chi connectivity index (χ1) is 9.21. The van der Waals surface area contributed by atoms with Gasteiger partial charge in [0.2, 0.25) is 0 Å². The Labute approximate surface area is 118 Å². The highest BCUT2D eigenvalue weighted by molar-refractivity contribution is 5.73. The van der Waals surface area contributed by atoms with Crippen molar-refractivity contribution in [2.24, 2.45) is 17.6 Å². The van der Waals surface area contributed by atoms with Gasteiger partial charge in [-0.3, -0.25) is 4.79 Å². The Balaban J connectivity index is 2.74. The Kier molecular flexibility index (Phi) is 6.30. The number of alkyl halides is 3. The van der Waals surface area contributed by atoms with Crippen molar-refractivity contribution in [3.63, 3.8) is 0 Å². The third-order valence-corrected chi connectivity index (χ3v) is 3.78. The lowest BCUT2D eigenvalue weighted by atomic mass is 9.80. The molecule has 118 valence electrons. The van der Waals surface area contributed by atoms with Crippen LogP contribution >= 0.6 is 0 Å². The van der Waals surface area contributed by atoms with Crippen molar-refractivity contribution in [2.45, 2.75) is 70.7 Å². The van der Waals surface area contributed by atoms with Crippen molar-refractivity contribution in [3.05, 3.63) is 0 Å². The minimum Gasteiger partial charge on any atom is -0.463 e. The molecule has 0 aromatic rings. The normalized spacial score (nSPS) is 20.8. The number of nitrogens with two attached hydrogens (primary N) is 1. The molecule has 0 radical (unpaired) electrons. The number of carbonyl (C=O) groups is 1. The molecule has 1 aliphatic carbocycles. The maximum atomic E-state index is 12.8. The van der Waals surface area contributed by atoms with Gasteiger partial charge in [-0.25, -0.2) is 0 Å². The average molecular weight is 295 g/mol. The zero-order chi connectivity index (χ0) is 15.3. The summed E-state index contributed by atoms with van der Waals surface area (Å²) in [4.78, 5) is 11.9. The fourth-order valence-electron chi connectivity index (χ4n) is 2.72. The van der Waals surface area contributed by atoms with Crippen LogP contribution < -0.4 is 5.73 Å². The molecule has 3 nitrogen and oxygen atoms in total. The number of carbonyl (C=O) groups excluding carboxylic acids is 1. The SMILES string of the molecule is CC(C)OC(=O)[C@H](CC1CCCCC1)[C@@H](N)C(F)(F)F. The van der Waals surface area contributed by atoms with E-state index in [0.29, 0.717) is 0 Å². The zero-order valence-electron chi connectivity index (χ0n) is 12.1. The molecule has 1 saturated carbocycles. The number of halogens is 3. The lowest BCUT2D eigenvalue weighted by Gasteiger charge is -2.30. The molecule has 20 heavy (non-hydrogen) atoms. The van der Waals surface area contributed by atoms with Gasteiger partial charge in [-0.15, -0.1) is 0 Å². The molecule has 0 aromatic carbocycles. The van der Waals surface area contributed by atoms with Crippen LogP contribution in [0.5, 0.6) is 0 Å². The van der Waals surface area contributed by atoms with Crippen molar-refractivity contribution in [1.82, 2.24) is 0 Å². The van der Waals surface area contributed by atoms with E-state index in [1.807, 2.05) is 0 Å². The van der Waals surface area contributed by atoms with E-state index >= 15 is 0 Å². The Morgan fingerprint density at radius 1 is 1.25 bits per heavy atom. The van der Waals surface area contributed by atoms with Gasteiger partial charge in [0, 0.05) is 0 Å². The Bertz CT molecular complexity index is 312. The number of hydrogen-bond donors (Lipinski definition) is 1. The summed E-state index contributed by atoms with van der Waals surface area (Å²) in [6, 6.07) is -2.14. The van der Waals surface area contributed by atoms with Gasteiger partial charge < -0.3 is 10.5 Å². The highest BCUT2D eigenvalue weighted by Gasteiger charge is 2.46. The molecular formula is C14H24F3NO2. The summed E-state index contributed by atoms with van der Waals surface area (Å²) in [6.07, 6.45) is 0.0450. The minimum atomic E-state index is -4.57. The van der Waals surface area contributed by atoms with Gasteiger partial charge in [0.15, 0.2) is 0 Å². The van der Waals surface area contributed by atoms with Gasteiger partial charge in [0.1, 0.15) is 6.04 Å². The minimum absolute atomic E-state index is 0.141. The number of rotatable bonds is 5. The molecule has 1 fully saturated rings. The first-order valence-corrected chi connectivity index (χ1v) is 7.24. The summed E-state index contributed by atoms with van der Waals surface area (Å²) in [5, 5.41) is 0. The molecule has 0 amide bonds. The van der Waals surface area contributed by atoms with E-state index in [9.17, 15) is 18.0 Å². The highest BCUT2D eigenvalue weighted by Crippen LogP contribution is 2.34. The molecule has 1 aliphatic rings. The second kappa shape index (κ2) is 7.29. The predicted molar refractivity (Wildman–Crippen MR) is 69.9 cm³/mol. The third kappa shape index (κ3) is 5.31. The van der Waals surface area contributed by atoms with Crippen LogP contribution in [0.1, 0.15) is 52.4 Å². The molecule has 0 heterocycles. The van der Waals surface area contributed by atoms with Crippen molar-refractivity contribution in [1.29, 1.82) is 0 Å². The van der Waals surface area contributed by atoms with E-state index < -0.39 is 30.2 Å². The van der Waals surface area contributed by atoms with Gasteiger partial charge >= 0.3 is 12.1 Å². The maximum absolute atomic E-state index is 12.8. The molecular weight excluding hydrogens is 271 g/mol. The van der Waals surface area contributed by atoms with E-state index in [4.69, 9.17) is 10.5 Å². The first kappa shape index (κ1) is 17.3. The van der Waals surface area contributed by atoms with Crippen molar-refractivity contribution in [2.75, 3.05) is 0 Å². The second-order valence-corrected chi connectivity index (χ2v) is 5.90. The zero-order valence-corrected chi connectivity index (χ0v) is 12.1. The van der Waals surface area contributed by atoms with Gasteiger partial charge in [0.05, 0.1) is 12.0 Å². The van der Waals surface area contributed by atoms with Crippen molar-refractivity contribution < 1.29 is 22.7 Å². The van der Waals surface area contributed by atoms with Crippen LogP contribution in [0, 0.1) is 11.8 Å². The fourth-order valence-corrected chi connectivity index (χ4v) is 2.72. The Hall–Kier alpha value is -0.780. The molecule has 0 aliphatic heterocycles. The fraction of sp³-hybridized carbons (Fsp3) is 0.929. The molecule has 6 heteroatoms. The summed E-state index contributed by atoms with van der Waals surface area (Å²) in [6.45, 7) is 3.24. The first-order valence-electron chi connectivity index (χ1n) is 7.24. The molecule has 2 atom stereocenters. The van der Waals surface area contributed by atoms with Crippen LogP contribution in [-0.2, 0) is 9.53 Å². The van der Waals surface area contributed by atoms with Gasteiger partial charge in [-0.1, -0.05) is 32.1 Å². The Morgan fingerprint density at radius 3 is 2.25 bits per heavy atom. The summed E-state index contributed by atoms with van der Waals surface area (Å²) < 4.78 is 43.4. The summed E-state index contributed by atoms with van der Waals surface area (Å²) >= 11 is 0. The third-order valence-electron chi connectivity index (χ3n) is 3.78. The largest absolute Gasteiger partial charge is 0.463 e. The monoisotopic (exact) mass is 295 g/mol. The molecule has 0 saturated heterocycles. The molecule has 0 bridgehead atoms.